The average molecular weight is 268 g/mol. The number of likely N-dealkylation sites (tertiary alicyclic amines) is 1. The number of halogens is 1. The maximum atomic E-state index is 12.3. The van der Waals surface area contributed by atoms with Crippen LogP contribution in [0.2, 0.25) is 5.15 Å². The minimum atomic E-state index is 0.00384. The maximum absolute atomic E-state index is 12.3. The van der Waals surface area contributed by atoms with E-state index in [0.717, 1.165) is 25.9 Å². The Kier molecular flexibility index (Phi) is 4.07. The summed E-state index contributed by atoms with van der Waals surface area (Å²) < 4.78 is 0. The second kappa shape index (κ2) is 5.57. The van der Waals surface area contributed by atoms with Gasteiger partial charge in [-0.15, -0.1) is 0 Å². The van der Waals surface area contributed by atoms with E-state index in [4.69, 9.17) is 17.3 Å². The number of carbonyl (C=O) groups excluding carboxylic acids is 1. The van der Waals surface area contributed by atoms with Crippen LogP contribution in [-0.2, 0) is 0 Å². The summed E-state index contributed by atoms with van der Waals surface area (Å²) in [5.41, 5.74) is 6.15. The van der Waals surface area contributed by atoms with E-state index >= 15 is 0 Å². The molecule has 0 aliphatic carbocycles. The molecular weight excluding hydrogens is 250 g/mol. The fourth-order valence-corrected chi connectivity index (χ4v) is 2.62. The van der Waals surface area contributed by atoms with Crippen LogP contribution < -0.4 is 5.73 Å². The van der Waals surface area contributed by atoms with Gasteiger partial charge in [0, 0.05) is 18.7 Å². The molecule has 1 aromatic rings. The molecule has 0 bridgehead atoms. The van der Waals surface area contributed by atoms with Crippen LogP contribution in [0.5, 0.6) is 0 Å². The lowest BCUT2D eigenvalue weighted by Gasteiger charge is -2.32. The van der Waals surface area contributed by atoms with Crippen LogP contribution in [0.15, 0.2) is 12.1 Å². The summed E-state index contributed by atoms with van der Waals surface area (Å²) in [5.74, 6) is 0.899. The molecule has 2 heterocycles. The Balaban J connectivity index is 2.15. The summed E-state index contributed by atoms with van der Waals surface area (Å²) in [4.78, 5) is 18.1. The highest BCUT2D eigenvalue weighted by Gasteiger charge is 2.23. The number of hydrogen-bond acceptors (Lipinski definition) is 3. The lowest BCUT2D eigenvalue weighted by Crippen LogP contribution is -2.39. The van der Waals surface area contributed by atoms with Gasteiger partial charge in [-0.2, -0.15) is 0 Å². The van der Waals surface area contributed by atoms with Crippen LogP contribution in [0.25, 0.3) is 0 Å². The smallest absolute Gasteiger partial charge is 0.254 e. The van der Waals surface area contributed by atoms with Crippen LogP contribution in [-0.4, -0.2) is 28.9 Å². The van der Waals surface area contributed by atoms with Crippen molar-refractivity contribution in [1.82, 2.24) is 9.88 Å². The molecule has 98 valence electrons. The molecule has 0 saturated carbocycles. The van der Waals surface area contributed by atoms with Crippen LogP contribution in [0, 0.1) is 5.92 Å². The van der Waals surface area contributed by atoms with E-state index in [1.54, 1.807) is 12.1 Å². The highest BCUT2D eigenvalue weighted by atomic mass is 35.5. The van der Waals surface area contributed by atoms with Crippen LogP contribution >= 0.6 is 11.6 Å². The second-order valence-corrected chi connectivity index (χ2v) is 5.16. The van der Waals surface area contributed by atoms with Gasteiger partial charge in [0.25, 0.3) is 5.91 Å². The Labute approximate surface area is 112 Å². The fourth-order valence-electron chi connectivity index (χ4n) is 2.41. The number of nitrogen functional groups attached to an aromatic ring is 1. The molecule has 2 N–H and O–H groups in total. The van der Waals surface area contributed by atoms with E-state index in [1.165, 1.54) is 6.42 Å². The molecule has 1 amide bonds. The summed E-state index contributed by atoms with van der Waals surface area (Å²) in [6.45, 7) is 3.81. The number of aromatic nitrogens is 1. The van der Waals surface area contributed by atoms with Crippen molar-refractivity contribution in [2.24, 2.45) is 5.92 Å². The third-order valence-corrected chi connectivity index (χ3v) is 3.64. The van der Waals surface area contributed by atoms with Crippen molar-refractivity contribution in [1.29, 1.82) is 0 Å². The molecule has 1 fully saturated rings. The number of carbonyl (C=O) groups is 1. The maximum Gasteiger partial charge on any atom is 0.254 e. The molecule has 0 aromatic carbocycles. The van der Waals surface area contributed by atoms with Crippen molar-refractivity contribution >= 4 is 23.3 Å². The summed E-state index contributed by atoms with van der Waals surface area (Å²) in [6, 6.07) is 3.17. The lowest BCUT2D eigenvalue weighted by molar-refractivity contribution is 0.0671. The number of nitrogens with zero attached hydrogens (tertiary/aromatic N) is 2. The second-order valence-electron chi connectivity index (χ2n) is 4.77. The van der Waals surface area contributed by atoms with E-state index < -0.39 is 0 Å². The van der Waals surface area contributed by atoms with Crippen molar-refractivity contribution < 1.29 is 4.79 Å². The zero-order chi connectivity index (χ0) is 13.1. The monoisotopic (exact) mass is 267 g/mol. The summed E-state index contributed by atoms with van der Waals surface area (Å²) >= 11 is 5.83. The van der Waals surface area contributed by atoms with Gasteiger partial charge in [0.05, 0.1) is 0 Å². The molecule has 18 heavy (non-hydrogen) atoms. The zero-order valence-corrected chi connectivity index (χ0v) is 11.3. The number of rotatable bonds is 2. The number of pyridine rings is 1. The largest absolute Gasteiger partial charge is 0.384 e. The predicted octanol–water partition coefficient (Wildman–Crippen LogP) is 2.58. The van der Waals surface area contributed by atoms with Gasteiger partial charge >= 0.3 is 0 Å². The zero-order valence-electron chi connectivity index (χ0n) is 10.5. The van der Waals surface area contributed by atoms with Gasteiger partial charge in [-0.05, 0) is 30.9 Å². The molecule has 1 aliphatic heterocycles. The van der Waals surface area contributed by atoms with Crippen molar-refractivity contribution in [3.8, 4) is 0 Å². The highest BCUT2D eigenvalue weighted by molar-refractivity contribution is 6.29. The third-order valence-electron chi connectivity index (χ3n) is 3.44. The van der Waals surface area contributed by atoms with E-state index in [0.29, 0.717) is 11.5 Å². The fraction of sp³-hybridized carbons (Fsp3) is 0.538. The Bertz CT molecular complexity index is 430. The third kappa shape index (κ3) is 2.93. The van der Waals surface area contributed by atoms with Gasteiger partial charge in [-0.1, -0.05) is 24.9 Å². The van der Waals surface area contributed by atoms with Crippen LogP contribution in [0.1, 0.15) is 36.5 Å². The molecule has 0 spiro atoms. The number of anilines is 1. The first kappa shape index (κ1) is 13.1. The predicted molar refractivity (Wildman–Crippen MR) is 72.6 cm³/mol. The van der Waals surface area contributed by atoms with Gasteiger partial charge in [0.15, 0.2) is 0 Å². The van der Waals surface area contributed by atoms with E-state index in [1.807, 2.05) is 4.90 Å². The minimum absolute atomic E-state index is 0.00384. The molecule has 1 saturated heterocycles. The van der Waals surface area contributed by atoms with Crippen molar-refractivity contribution in [3.63, 3.8) is 0 Å². The quantitative estimate of drug-likeness (QED) is 0.838. The van der Waals surface area contributed by atoms with E-state index in [2.05, 4.69) is 11.9 Å². The van der Waals surface area contributed by atoms with Crippen molar-refractivity contribution in [2.45, 2.75) is 26.2 Å². The molecule has 0 radical (unpaired) electrons. The number of hydrogen-bond donors (Lipinski definition) is 1. The first-order valence-electron chi connectivity index (χ1n) is 6.32. The standard InChI is InChI=1S/C13H18ClN3O/c1-2-9-4-3-5-17(8-9)13(18)10-6-11(14)16-12(15)7-10/h6-7,9H,2-5,8H2,1H3,(H2,15,16). The van der Waals surface area contributed by atoms with Gasteiger partial charge in [0.2, 0.25) is 0 Å². The molecule has 1 unspecified atom stereocenters. The summed E-state index contributed by atoms with van der Waals surface area (Å²) in [7, 11) is 0. The lowest BCUT2D eigenvalue weighted by atomic mass is 9.95. The molecular formula is C13H18ClN3O. The number of nitrogens with two attached hydrogens (primary N) is 1. The molecule has 5 heteroatoms. The minimum Gasteiger partial charge on any atom is -0.384 e. The van der Waals surface area contributed by atoms with Crippen LogP contribution in [0.4, 0.5) is 5.82 Å². The normalized spacial score (nSPS) is 19.9. The van der Waals surface area contributed by atoms with Gasteiger partial charge < -0.3 is 10.6 Å². The summed E-state index contributed by atoms with van der Waals surface area (Å²) in [6.07, 6.45) is 3.39. The first-order valence-corrected chi connectivity index (χ1v) is 6.70. The molecule has 2 rings (SSSR count). The Hall–Kier alpha value is -1.29. The van der Waals surface area contributed by atoms with E-state index in [-0.39, 0.29) is 16.9 Å². The van der Waals surface area contributed by atoms with Crippen molar-refractivity contribution in [3.05, 3.63) is 22.8 Å². The number of piperidine rings is 1. The molecule has 1 aromatic heterocycles. The van der Waals surface area contributed by atoms with Crippen molar-refractivity contribution in [2.75, 3.05) is 18.8 Å². The molecule has 1 atom stereocenters. The topological polar surface area (TPSA) is 59.2 Å². The Morgan fingerprint density at radius 1 is 1.61 bits per heavy atom. The molecule has 1 aliphatic rings. The highest BCUT2D eigenvalue weighted by Crippen LogP contribution is 2.22. The van der Waals surface area contributed by atoms with Gasteiger partial charge in [-0.25, -0.2) is 4.98 Å². The Morgan fingerprint density at radius 3 is 3.06 bits per heavy atom. The Morgan fingerprint density at radius 2 is 2.39 bits per heavy atom. The van der Waals surface area contributed by atoms with Gasteiger partial charge in [0.1, 0.15) is 11.0 Å². The van der Waals surface area contributed by atoms with E-state index in [9.17, 15) is 4.79 Å². The average Bonchev–Trinajstić information content (AvgIpc) is 2.37. The van der Waals surface area contributed by atoms with Crippen LogP contribution in [0.3, 0.4) is 0 Å². The number of amides is 1. The first-order chi connectivity index (χ1) is 8.60. The summed E-state index contributed by atoms with van der Waals surface area (Å²) in [5, 5.41) is 0.266. The molecule has 4 nitrogen and oxygen atoms in total. The SMILES string of the molecule is CCC1CCCN(C(=O)c2cc(N)nc(Cl)c2)C1. The van der Waals surface area contributed by atoms with Gasteiger partial charge in [-0.3, -0.25) is 4.79 Å².